The summed E-state index contributed by atoms with van der Waals surface area (Å²) in [6, 6.07) is 0.0809. The van der Waals surface area contributed by atoms with E-state index in [4.69, 9.17) is 4.84 Å². The van der Waals surface area contributed by atoms with Crippen LogP contribution in [0.4, 0.5) is 13.2 Å². The summed E-state index contributed by atoms with van der Waals surface area (Å²) in [6.45, 7) is 4.66. The highest BCUT2D eigenvalue weighted by atomic mass is 19.4. The summed E-state index contributed by atoms with van der Waals surface area (Å²) >= 11 is 0. The third-order valence-corrected chi connectivity index (χ3v) is 2.86. The highest BCUT2D eigenvalue weighted by Gasteiger charge is 2.41. The van der Waals surface area contributed by atoms with Crippen LogP contribution in [-0.4, -0.2) is 18.8 Å². The van der Waals surface area contributed by atoms with E-state index < -0.39 is 12.1 Å². The van der Waals surface area contributed by atoms with Gasteiger partial charge in [-0.1, -0.05) is 13.8 Å². The standard InChI is InChI=1S/C11H20F3NO/c1-8(2)7-16-15-10-5-3-9(4-6-10)11(12,13)14/h8-10,15H,3-7H2,1-2H3. The minimum Gasteiger partial charge on any atom is -0.301 e. The van der Waals surface area contributed by atoms with E-state index in [0.717, 1.165) is 0 Å². The van der Waals surface area contributed by atoms with Gasteiger partial charge in [-0.2, -0.15) is 18.7 Å². The van der Waals surface area contributed by atoms with Crippen LogP contribution in [0.1, 0.15) is 39.5 Å². The molecule has 16 heavy (non-hydrogen) atoms. The molecule has 0 atom stereocenters. The van der Waals surface area contributed by atoms with Crippen molar-refractivity contribution < 1.29 is 18.0 Å². The average Bonchev–Trinajstić information content (AvgIpc) is 2.16. The molecule has 1 fully saturated rings. The molecule has 0 spiro atoms. The van der Waals surface area contributed by atoms with Gasteiger partial charge in [-0.15, -0.1) is 0 Å². The number of alkyl halides is 3. The fourth-order valence-corrected chi connectivity index (χ4v) is 1.87. The topological polar surface area (TPSA) is 21.3 Å². The van der Waals surface area contributed by atoms with Gasteiger partial charge in [0.25, 0.3) is 0 Å². The van der Waals surface area contributed by atoms with Crippen LogP contribution in [0, 0.1) is 11.8 Å². The molecule has 0 unspecified atom stereocenters. The van der Waals surface area contributed by atoms with Crippen LogP contribution in [0.15, 0.2) is 0 Å². The van der Waals surface area contributed by atoms with Crippen molar-refractivity contribution in [1.82, 2.24) is 5.48 Å². The first-order chi connectivity index (χ1) is 7.39. The number of hydrogen-bond donors (Lipinski definition) is 1. The zero-order valence-electron chi connectivity index (χ0n) is 9.81. The molecule has 0 aromatic rings. The van der Waals surface area contributed by atoms with Crippen molar-refractivity contribution in [1.29, 1.82) is 0 Å². The molecule has 1 N–H and O–H groups in total. The van der Waals surface area contributed by atoms with E-state index in [9.17, 15) is 13.2 Å². The molecule has 1 aliphatic carbocycles. The zero-order valence-corrected chi connectivity index (χ0v) is 9.81. The maximum atomic E-state index is 12.4. The molecule has 2 nitrogen and oxygen atoms in total. The molecule has 1 aliphatic rings. The normalized spacial score (nSPS) is 27.4. The Morgan fingerprint density at radius 1 is 1.19 bits per heavy atom. The summed E-state index contributed by atoms with van der Waals surface area (Å²) in [5.74, 6) is -0.685. The van der Waals surface area contributed by atoms with Crippen LogP contribution in [0.3, 0.4) is 0 Å². The van der Waals surface area contributed by atoms with E-state index >= 15 is 0 Å². The number of halogens is 3. The molecule has 0 aliphatic heterocycles. The maximum absolute atomic E-state index is 12.4. The summed E-state index contributed by atoms with van der Waals surface area (Å²) in [6.07, 6.45) is -2.51. The van der Waals surface area contributed by atoms with Gasteiger partial charge in [-0.25, -0.2) is 0 Å². The van der Waals surface area contributed by atoms with Gasteiger partial charge in [0.05, 0.1) is 12.5 Å². The quantitative estimate of drug-likeness (QED) is 0.760. The van der Waals surface area contributed by atoms with Gasteiger partial charge in [-0.3, -0.25) is 0 Å². The van der Waals surface area contributed by atoms with Crippen molar-refractivity contribution in [2.45, 2.75) is 51.7 Å². The first kappa shape index (κ1) is 13.8. The van der Waals surface area contributed by atoms with Crippen LogP contribution in [0.2, 0.25) is 0 Å². The average molecular weight is 239 g/mol. The molecule has 0 amide bonds. The SMILES string of the molecule is CC(C)CONC1CCC(C(F)(F)F)CC1. The van der Waals surface area contributed by atoms with Gasteiger partial charge >= 0.3 is 6.18 Å². The lowest BCUT2D eigenvalue weighted by molar-refractivity contribution is -0.184. The fraction of sp³-hybridized carbons (Fsp3) is 1.00. The van der Waals surface area contributed by atoms with Crippen LogP contribution >= 0.6 is 0 Å². The molecule has 0 heterocycles. The van der Waals surface area contributed by atoms with Gasteiger partial charge in [0, 0.05) is 6.04 Å². The second-order valence-corrected chi connectivity index (χ2v) is 4.91. The second kappa shape index (κ2) is 5.87. The zero-order chi connectivity index (χ0) is 12.2. The van der Waals surface area contributed by atoms with E-state index in [1.165, 1.54) is 0 Å². The minimum atomic E-state index is -4.02. The number of nitrogens with one attached hydrogen (secondary N) is 1. The first-order valence-corrected chi connectivity index (χ1v) is 5.83. The van der Waals surface area contributed by atoms with E-state index in [1.807, 2.05) is 13.8 Å². The van der Waals surface area contributed by atoms with E-state index in [0.29, 0.717) is 25.4 Å². The summed E-state index contributed by atoms with van der Waals surface area (Å²) < 4.78 is 37.1. The Morgan fingerprint density at radius 2 is 1.75 bits per heavy atom. The molecular formula is C11H20F3NO. The lowest BCUT2D eigenvalue weighted by atomic mass is 9.86. The van der Waals surface area contributed by atoms with Crippen LogP contribution < -0.4 is 5.48 Å². The molecule has 0 saturated heterocycles. The van der Waals surface area contributed by atoms with Gasteiger partial charge in [0.2, 0.25) is 0 Å². The molecule has 1 saturated carbocycles. The molecule has 96 valence electrons. The lowest BCUT2D eigenvalue weighted by Gasteiger charge is -2.30. The largest absolute Gasteiger partial charge is 0.391 e. The van der Waals surface area contributed by atoms with Crippen molar-refractivity contribution in [2.75, 3.05) is 6.61 Å². The van der Waals surface area contributed by atoms with Gasteiger partial charge in [-0.05, 0) is 31.6 Å². The number of rotatable bonds is 4. The predicted octanol–water partition coefficient (Wildman–Crippen LogP) is 3.28. The van der Waals surface area contributed by atoms with Gasteiger partial charge < -0.3 is 4.84 Å². The van der Waals surface area contributed by atoms with Gasteiger partial charge in [0.15, 0.2) is 0 Å². The monoisotopic (exact) mass is 239 g/mol. The highest BCUT2D eigenvalue weighted by Crippen LogP contribution is 2.37. The predicted molar refractivity (Wildman–Crippen MR) is 55.7 cm³/mol. The van der Waals surface area contributed by atoms with Crippen LogP contribution in [0.25, 0.3) is 0 Å². The van der Waals surface area contributed by atoms with Crippen LogP contribution in [-0.2, 0) is 4.84 Å². The minimum absolute atomic E-state index is 0.0809. The Labute approximate surface area is 94.5 Å². The second-order valence-electron chi connectivity index (χ2n) is 4.91. The highest BCUT2D eigenvalue weighted by molar-refractivity contribution is 4.79. The van der Waals surface area contributed by atoms with Crippen molar-refractivity contribution in [3.8, 4) is 0 Å². The smallest absolute Gasteiger partial charge is 0.301 e. The maximum Gasteiger partial charge on any atom is 0.391 e. The van der Waals surface area contributed by atoms with E-state index in [-0.39, 0.29) is 18.9 Å². The number of hydrogen-bond acceptors (Lipinski definition) is 2. The van der Waals surface area contributed by atoms with Crippen molar-refractivity contribution in [3.05, 3.63) is 0 Å². The Hall–Kier alpha value is -0.290. The molecule has 5 heteroatoms. The molecule has 0 bridgehead atoms. The van der Waals surface area contributed by atoms with Crippen LogP contribution in [0.5, 0.6) is 0 Å². The molecule has 0 radical (unpaired) electrons. The Bertz CT molecular complexity index is 198. The summed E-state index contributed by atoms with van der Waals surface area (Å²) in [5, 5.41) is 0. The van der Waals surface area contributed by atoms with E-state index in [2.05, 4.69) is 5.48 Å². The number of hydroxylamine groups is 1. The fourth-order valence-electron chi connectivity index (χ4n) is 1.87. The molecule has 1 rings (SSSR count). The Kier molecular flexibility index (Phi) is 5.05. The van der Waals surface area contributed by atoms with Crippen molar-refractivity contribution >= 4 is 0 Å². The molecule has 0 aromatic carbocycles. The third kappa shape index (κ3) is 4.70. The van der Waals surface area contributed by atoms with E-state index in [1.54, 1.807) is 0 Å². The third-order valence-electron chi connectivity index (χ3n) is 2.86. The summed E-state index contributed by atoms with van der Waals surface area (Å²) in [7, 11) is 0. The molecular weight excluding hydrogens is 219 g/mol. The lowest BCUT2D eigenvalue weighted by Crippen LogP contribution is -2.37. The summed E-state index contributed by atoms with van der Waals surface area (Å²) in [5.41, 5.74) is 2.86. The summed E-state index contributed by atoms with van der Waals surface area (Å²) in [4.78, 5) is 5.22. The van der Waals surface area contributed by atoms with Crippen molar-refractivity contribution in [2.24, 2.45) is 11.8 Å². The van der Waals surface area contributed by atoms with Gasteiger partial charge in [0.1, 0.15) is 0 Å². The Morgan fingerprint density at radius 3 is 2.19 bits per heavy atom. The molecule has 0 aromatic heterocycles. The Balaban J connectivity index is 2.17. The van der Waals surface area contributed by atoms with Crippen molar-refractivity contribution in [3.63, 3.8) is 0 Å². The first-order valence-electron chi connectivity index (χ1n) is 5.83.